The highest BCUT2D eigenvalue weighted by Gasteiger charge is 2.24. The molecule has 2 heterocycles. The minimum absolute atomic E-state index is 0.840. The summed E-state index contributed by atoms with van der Waals surface area (Å²) in [5, 5.41) is 2.51. The number of nitrogens with zero attached hydrogens (tertiary/aromatic N) is 2. The maximum Gasteiger partial charge on any atom is 0.153 e. The minimum Gasteiger partial charge on any atom is -0.453 e. The molecule has 150 valence electrons. The Kier molecular flexibility index (Phi) is 3.55. The molecule has 32 heavy (non-hydrogen) atoms. The molecule has 7 rings (SSSR count). The summed E-state index contributed by atoms with van der Waals surface area (Å²) in [6.45, 7) is 0. The monoisotopic (exact) mass is 410 g/mol. The maximum absolute atomic E-state index is 6.15. The molecule has 3 heteroatoms. The standard InChI is InChI=1S/C29H18N2O/c1-2-7-22-18-23(17-14-19(22)6-1)20-12-15-21(16-13-20)29-30-24-8-5-11-27-28(24)31(29)25-9-3-4-10-26(25)32-27/h1-18H. The molecular formula is C29H18N2O. The fourth-order valence-corrected chi connectivity index (χ4v) is 4.63. The van der Waals surface area contributed by atoms with Crippen LogP contribution in [0.5, 0.6) is 11.5 Å². The van der Waals surface area contributed by atoms with E-state index in [1.807, 2.05) is 36.4 Å². The second-order valence-corrected chi connectivity index (χ2v) is 8.10. The van der Waals surface area contributed by atoms with Crippen molar-refractivity contribution in [1.29, 1.82) is 0 Å². The molecule has 1 aliphatic rings. The molecule has 0 amide bonds. The van der Waals surface area contributed by atoms with Crippen LogP contribution in [0.15, 0.2) is 109 Å². The first-order valence-corrected chi connectivity index (χ1v) is 10.7. The number of hydrogen-bond acceptors (Lipinski definition) is 2. The van der Waals surface area contributed by atoms with Gasteiger partial charge in [-0.3, -0.25) is 4.57 Å². The second-order valence-electron chi connectivity index (χ2n) is 8.10. The van der Waals surface area contributed by atoms with Crippen LogP contribution >= 0.6 is 0 Å². The summed E-state index contributed by atoms with van der Waals surface area (Å²) < 4.78 is 8.37. The number of hydrogen-bond donors (Lipinski definition) is 0. The minimum atomic E-state index is 0.840. The first kappa shape index (κ1) is 17.3. The van der Waals surface area contributed by atoms with Crippen LogP contribution in [-0.2, 0) is 0 Å². The Morgan fingerprint density at radius 1 is 0.562 bits per heavy atom. The zero-order valence-electron chi connectivity index (χ0n) is 17.2. The van der Waals surface area contributed by atoms with Gasteiger partial charge in [-0.15, -0.1) is 0 Å². The lowest BCUT2D eigenvalue weighted by molar-refractivity contribution is 0.476. The van der Waals surface area contributed by atoms with E-state index in [0.29, 0.717) is 0 Å². The zero-order valence-corrected chi connectivity index (χ0v) is 17.2. The van der Waals surface area contributed by atoms with Crippen LogP contribution in [-0.4, -0.2) is 9.55 Å². The number of para-hydroxylation sites is 3. The lowest BCUT2D eigenvalue weighted by Crippen LogP contribution is -2.05. The van der Waals surface area contributed by atoms with Gasteiger partial charge in [0, 0.05) is 5.56 Å². The molecule has 0 bridgehead atoms. The summed E-state index contributed by atoms with van der Waals surface area (Å²) >= 11 is 0. The van der Waals surface area contributed by atoms with Gasteiger partial charge in [0.1, 0.15) is 11.3 Å². The molecule has 0 atom stereocenters. The molecule has 3 nitrogen and oxygen atoms in total. The molecule has 0 fully saturated rings. The first-order valence-electron chi connectivity index (χ1n) is 10.7. The molecule has 6 aromatic rings. The Bertz CT molecular complexity index is 1640. The van der Waals surface area contributed by atoms with Gasteiger partial charge < -0.3 is 4.74 Å². The van der Waals surface area contributed by atoms with E-state index in [9.17, 15) is 0 Å². The molecular weight excluding hydrogens is 392 g/mol. The van der Waals surface area contributed by atoms with E-state index in [1.54, 1.807) is 0 Å². The van der Waals surface area contributed by atoms with E-state index in [2.05, 4.69) is 77.4 Å². The number of aromatic nitrogens is 2. The molecule has 1 aliphatic heterocycles. The van der Waals surface area contributed by atoms with Gasteiger partial charge >= 0.3 is 0 Å². The molecule has 1 aromatic heterocycles. The molecule has 0 radical (unpaired) electrons. The largest absolute Gasteiger partial charge is 0.453 e. The third-order valence-corrected chi connectivity index (χ3v) is 6.19. The molecule has 0 saturated carbocycles. The Morgan fingerprint density at radius 3 is 2.19 bits per heavy atom. The third kappa shape index (κ3) is 2.51. The lowest BCUT2D eigenvalue weighted by atomic mass is 10.00. The summed E-state index contributed by atoms with van der Waals surface area (Å²) in [4.78, 5) is 4.98. The molecule has 0 aliphatic carbocycles. The fourth-order valence-electron chi connectivity index (χ4n) is 4.63. The van der Waals surface area contributed by atoms with E-state index in [0.717, 1.165) is 39.6 Å². The van der Waals surface area contributed by atoms with Crippen LogP contribution < -0.4 is 4.74 Å². The van der Waals surface area contributed by atoms with Crippen molar-refractivity contribution in [2.45, 2.75) is 0 Å². The Labute approximate surface area is 185 Å². The van der Waals surface area contributed by atoms with Crippen molar-refractivity contribution in [1.82, 2.24) is 9.55 Å². The summed E-state index contributed by atoms with van der Waals surface area (Å²) in [7, 11) is 0. The molecule has 0 N–H and O–H groups in total. The first-order chi connectivity index (χ1) is 15.8. The smallest absolute Gasteiger partial charge is 0.153 e. The molecule has 0 unspecified atom stereocenters. The van der Waals surface area contributed by atoms with Crippen LogP contribution in [0.4, 0.5) is 0 Å². The normalized spacial score (nSPS) is 12.0. The van der Waals surface area contributed by atoms with Crippen molar-refractivity contribution in [3.8, 4) is 39.7 Å². The van der Waals surface area contributed by atoms with Crippen LogP contribution in [0, 0.1) is 0 Å². The number of ether oxygens (including phenoxy) is 1. The van der Waals surface area contributed by atoms with Crippen LogP contribution in [0.2, 0.25) is 0 Å². The number of fused-ring (bicyclic) bond motifs is 3. The van der Waals surface area contributed by atoms with E-state index < -0.39 is 0 Å². The highest BCUT2D eigenvalue weighted by atomic mass is 16.5. The predicted octanol–water partition coefficient (Wildman–Crippen LogP) is 7.62. The Morgan fingerprint density at radius 2 is 1.28 bits per heavy atom. The SMILES string of the molecule is c1ccc2c(c1)Oc1cccc3nc(-c4ccc(-c5ccc6ccccc6c5)cc4)n-2c13. The van der Waals surface area contributed by atoms with Gasteiger partial charge in [-0.25, -0.2) is 4.98 Å². The maximum atomic E-state index is 6.15. The molecule has 5 aromatic carbocycles. The van der Waals surface area contributed by atoms with Crippen molar-refractivity contribution in [3.63, 3.8) is 0 Å². The van der Waals surface area contributed by atoms with Crippen molar-refractivity contribution < 1.29 is 4.74 Å². The van der Waals surface area contributed by atoms with E-state index in [4.69, 9.17) is 9.72 Å². The highest BCUT2D eigenvalue weighted by Crippen LogP contribution is 2.43. The van der Waals surface area contributed by atoms with Gasteiger partial charge in [0.2, 0.25) is 0 Å². The zero-order chi connectivity index (χ0) is 21.1. The second kappa shape index (κ2) is 6.56. The lowest BCUT2D eigenvalue weighted by Gasteiger charge is -2.20. The summed E-state index contributed by atoms with van der Waals surface area (Å²) in [5.74, 6) is 2.61. The topological polar surface area (TPSA) is 27.1 Å². The van der Waals surface area contributed by atoms with Crippen molar-refractivity contribution in [2.24, 2.45) is 0 Å². The van der Waals surface area contributed by atoms with E-state index >= 15 is 0 Å². The number of imidazole rings is 1. The van der Waals surface area contributed by atoms with Crippen molar-refractivity contribution >= 4 is 21.8 Å². The van der Waals surface area contributed by atoms with Gasteiger partial charge in [0.15, 0.2) is 11.5 Å². The predicted molar refractivity (Wildman–Crippen MR) is 130 cm³/mol. The fraction of sp³-hybridized carbons (Fsp3) is 0. The average molecular weight is 410 g/mol. The van der Waals surface area contributed by atoms with Crippen molar-refractivity contribution in [2.75, 3.05) is 0 Å². The number of rotatable bonds is 2. The quantitative estimate of drug-likeness (QED) is 0.293. The Balaban J connectivity index is 1.38. The van der Waals surface area contributed by atoms with Gasteiger partial charge in [0.05, 0.1) is 11.2 Å². The Hall–Kier alpha value is -4.37. The van der Waals surface area contributed by atoms with Crippen molar-refractivity contribution in [3.05, 3.63) is 109 Å². The van der Waals surface area contributed by atoms with E-state index in [1.165, 1.54) is 21.9 Å². The van der Waals surface area contributed by atoms with Crippen LogP contribution in [0.3, 0.4) is 0 Å². The summed E-state index contributed by atoms with van der Waals surface area (Å²) in [6, 6.07) is 37.9. The van der Waals surface area contributed by atoms with Gasteiger partial charge in [-0.05, 0) is 52.2 Å². The summed E-state index contributed by atoms with van der Waals surface area (Å²) in [5.41, 5.74) is 6.45. The average Bonchev–Trinajstić information content (AvgIpc) is 3.25. The molecule has 0 spiro atoms. The van der Waals surface area contributed by atoms with E-state index in [-0.39, 0.29) is 0 Å². The van der Waals surface area contributed by atoms with Crippen LogP contribution in [0.25, 0.3) is 50.0 Å². The number of benzene rings is 5. The summed E-state index contributed by atoms with van der Waals surface area (Å²) in [6.07, 6.45) is 0. The third-order valence-electron chi connectivity index (χ3n) is 6.19. The highest BCUT2D eigenvalue weighted by molar-refractivity contribution is 5.91. The molecule has 0 saturated heterocycles. The van der Waals surface area contributed by atoms with Gasteiger partial charge in [-0.2, -0.15) is 0 Å². The van der Waals surface area contributed by atoms with Crippen LogP contribution in [0.1, 0.15) is 0 Å². The van der Waals surface area contributed by atoms with Gasteiger partial charge in [-0.1, -0.05) is 78.9 Å². The van der Waals surface area contributed by atoms with Gasteiger partial charge in [0.25, 0.3) is 0 Å².